The number of furan rings is 1. The van der Waals surface area contributed by atoms with Crippen LogP contribution in [0, 0.1) is 0 Å². The molecule has 8 heteroatoms. The summed E-state index contributed by atoms with van der Waals surface area (Å²) >= 11 is 3.36. The predicted molar refractivity (Wildman–Crippen MR) is 110 cm³/mol. The number of benzene rings is 1. The molecule has 7 nitrogen and oxygen atoms in total. The van der Waals surface area contributed by atoms with Gasteiger partial charge in [-0.15, -0.1) is 0 Å². The van der Waals surface area contributed by atoms with Crippen LogP contribution in [0.1, 0.15) is 26.0 Å². The fourth-order valence-corrected chi connectivity index (χ4v) is 2.55. The van der Waals surface area contributed by atoms with Crippen molar-refractivity contribution >= 4 is 33.5 Å². The number of hydrogen-bond acceptors (Lipinski definition) is 4. The Bertz CT molecular complexity index is 743. The summed E-state index contributed by atoms with van der Waals surface area (Å²) in [6, 6.07) is 10.8. The Morgan fingerprint density at radius 2 is 2.00 bits per heavy atom. The summed E-state index contributed by atoms with van der Waals surface area (Å²) in [7, 11) is 0. The Morgan fingerprint density at radius 1 is 1.26 bits per heavy atom. The van der Waals surface area contributed by atoms with E-state index in [4.69, 9.17) is 4.42 Å². The molecule has 2 aromatic rings. The fraction of sp³-hybridized carbons (Fsp3) is 0.368. The van der Waals surface area contributed by atoms with Gasteiger partial charge in [-0.3, -0.25) is 4.79 Å². The number of aliphatic hydroxyl groups is 1. The summed E-state index contributed by atoms with van der Waals surface area (Å²) in [6.07, 6.45) is 1.80. The quantitative estimate of drug-likeness (QED) is 0.376. The molecule has 0 aliphatic carbocycles. The van der Waals surface area contributed by atoms with Crippen molar-refractivity contribution in [2.75, 3.05) is 25.0 Å². The summed E-state index contributed by atoms with van der Waals surface area (Å²) in [4.78, 5) is 16.4. The molecule has 1 aromatic carbocycles. The number of rotatable bonds is 8. The third-order valence-electron chi connectivity index (χ3n) is 3.71. The summed E-state index contributed by atoms with van der Waals surface area (Å²) in [5.41, 5.74) is -0.455. The highest BCUT2D eigenvalue weighted by Crippen LogP contribution is 2.21. The van der Waals surface area contributed by atoms with E-state index in [1.54, 1.807) is 19.1 Å². The smallest absolute Gasteiger partial charge is 0.226 e. The molecular formula is C19H25BrN4O3. The standard InChI is InChI=1S/C19H25BrN4O3/c1-3-21-18(23-13-19(2,26)16-5-4-12-27-16)22-11-10-17(25)24-15-8-6-14(20)7-9-15/h4-9,12,26H,3,10-11,13H2,1-2H3,(H,24,25)(H2,21,22,23). The molecule has 2 rings (SSSR count). The van der Waals surface area contributed by atoms with Crippen LogP contribution in [0.2, 0.25) is 0 Å². The maximum atomic E-state index is 12.0. The molecule has 0 aliphatic rings. The van der Waals surface area contributed by atoms with Crippen molar-refractivity contribution in [3.8, 4) is 0 Å². The summed E-state index contributed by atoms with van der Waals surface area (Å²) in [6.45, 7) is 4.80. The lowest BCUT2D eigenvalue weighted by Gasteiger charge is -2.19. The van der Waals surface area contributed by atoms with E-state index in [0.29, 0.717) is 24.8 Å². The molecule has 0 saturated carbocycles. The number of guanidine groups is 1. The van der Waals surface area contributed by atoms with Gasteiger partial charge in [0.25, 0.3) is 0 Å². The van der Waals surface area contributed by atoms with Crippen LogP contribution in [0.25, 0.3) is 0 Å². The Balaban J connectivity index is 1.82. The normalized spacial score (nSPS) is 13.7. The van der Waals surface area contributed by atoms with Gasteiger partial charge in [0.2, 0.25) is 5.91 Å². The first-order valence-electron chi connectivity index (χ1n) is 8.74. The highest BCUT2D eigenvalue weighted by molar-refractivity contribution is 9.10. The van der Waals surface area contributed by atoms with Crippen molar-refractivity contribution in [3.63, 3.8) is 0 Å². The van der Waals surface area contributed by atoms with Crippen LogP contribution in [-0.4, -0.2) is 36.6 Å². The van der Waals surface area contributed by atoms with E-state index >= 15 is 0 Å². The van der Waals surface area contributed by atoms with Gasteiger partial charge < -0.3 is 25.5 Å². The van der Waals surface area contributed by atoms with Gasteiger partial charge in [-0.25, -0.2) is 4.99 Å². The first kappa shape index (κ1) is 21.0. The molecule has 0 radical (unpaired) electrons. The van der Waals surface area contributed by atoms with Gasteiger partial charge >= 0.3 is 0 Å². The van der Waals surface area contributed by atoms with E-state index in [9.17, 15) is 9.90 Å². The van der Waals surface area contributed by atoms with E-state index in [1.165, 1.54) is 6.26 Å². The lowest BCUT2D eigenvalue weighted by atomic mass is 10.0. The zero-order chi connectivity index (χ0) is 19.7. The van der Waals surface area contributed by atoms with Crippen LogP contribution in [0.15, 0.2) is 56.5 Å². The van der Waals surface area contributed by atoms with Gasteiger partial charge in [-0.2, -0.15) is 0 Å². The third-order valence-corrected chi connectivity index (χ3v) is 4.24. The van der Waals surface area contributed by atoms with Gasteiger partial charge in [-0.05, 0) is 50.2 Å². The summed E-state index contributed by atoms with van der Waals surface area (Å²) in [5, 5.41) is 19.5. The second kappa shape index (κ2) is 10.1. The number of hydrogen-bond donors (Lipinski definition) is 4. The minimum absolute atomic E-state index is 0.0942. The number of carbonyl (C=O) groups is 1. The van der Waals surface area contributed by atoms with E-state index in [-0.39, 0.29) is 18.9 Å². The fourth-order valence-electron chi connectivity index (χ4n) is 2.29. The molecule has 0 spiro atoms. The number of nitrogens with zero attached hydrogens (tertiary/aromatic N) is 1. The molecule has 146 valence electrons. The van der Waals surface area contributed by atoms with Gasteiger partial charge in [0.15, 0.2) is 5.96 Å². The number of aliphatic imine (C=N–C) groups is 1. The molecular weight excluding hydrogens is 412 g/mol. The monoisotopic (exact) mass is 436 g/mol. The first-order valence-corrected chi connectivity index (χ1v) is 9.54. The van der Waals surface area contributed by atoms with Crippen LogP contribution in [0.5, 0.6) is 0 Å². The average molecular weight is 437 g/mol. The number of anilines is 1. The van der Waals surface area contributed by atoms with Crippen LogP contribution in [-0.2, 0) is 10.4 Å². The van der Waals surface area contributed by atoms with Gasteiger partial charge in [0.1, 0.15) is 11.4 Å². The molecule has 0 saturated heterocycles. The van der Waals surface area contributed by atoms with Crippen LogP contribution < -0.4 is 16.0 Å². The second-order valence-electron chi connectivity index (χ2n) is 6.18. The molecule has 1 amide bonds. The molecule has 1 unspecified atom stereocenters. The topological polar surface area (TPSA) is 98.9 Å². The molecule has 0 bridgehead atoms. The van der Waals surface area contributed by atoms with Crippen molar-refractivity contribution in [2.24, 2.45) is 4.99 Å². The Morgan fingerprint density at radius 3 is 2.63 bits per heavy atom. The molecule has 4 N–H and O–H groups in total. The van der Waals surface area contributed by atoms with Gasteiger partial charge in [0, 0.05) is 29.7 Å². The lowest BCUT2D eigenvalue weighted by Crippen LogP contribution is -2.40. The minimum atomic E-state index is -1.20. The molecule has 1 atom stereocenters. The third kappa shape index (κ3) is 7.07. The summed E-state index contributed by atoms with van der Waals surface area (Å²) in [5.74, 6) is 0.889. The van der Waals surface area contributed by atoms with Gasteiger partial charge in [0.05, 0.1) is 12.8 Å². The number of halogens is 1. The van der Waals surface area contributed by atoms with Crippen LogP contribution in [0.4, 0.5) is 5.69 Å². The zero-order valence-electron chi connectivity index (χ0n) is 15.5. The SMILES string of the molecule is CCNC(=NCC(C)(O)c1ccco1)NCCC(=O)Nc1ccc(Br)cc1. The molecule has 27 heavy (non-hydrogen) atoms. The highest BCUT2D eigenvalue weighted by atomic mass is 79.9. The number of amides is 1. The predicted octanol–water partition coefficient (Wildman–Crippen LogP) is 2.83. The largest absolute Gasteiger partial charge is 0.466 e. The maximum Gasteiger partial charge on any atom is 0.226 e. The van der Waals surface area contributed by atoms with Crippen LogP contribution >= 0.6 is 15.9 Å². The van der Waals surface area contributed by atoms with E-state index < -0.39 is 5.60 Å². The number of nitrogens with one attached hydrogen (secondary N) is 3. The minimum Gasteiger partial charge on any atom is -0.466 e. The second-order valence-corrected chi connectivity index (χ2v) is 7.09. The van der Waals surface area contributed by atoms with E-state index in [0.717, 1.165) is 10.2 Å². The van der Waals surface area contributed by atoms with E-state index in [1.807, 2.05) is 31.2 Å². The number of carbonyl (C=O) groups excluding carboxylic acids is 1. The van der Waals surface area contributed by atoms with Gasteiger partial charge in [-0.1, -0.05) is 15.9 Å². The zero-order valence-corrected chi connectivity index (χ0v) is 17.0. The highest BCUT2D eigenvalue weighted by Gasteiger charge is 2.26. The first-order chi connectivity index (χ1) is 12.9. The Kier molecular flexibility index (Phi) is 7.87. The van der Waals surface area contributed by atoms with Crippen molar-refractivity contribution in [3.05, 3.63) is 52.9 Å². The lowest BCUT2D eigenvalue weighted by molar-refractivity contribution is -0.116. The molecule has 1 aromatic heterocycles. The summed E-state index contributed by atoms with van der Waals surface area (Å²) < 4.78 is 6.21. The van der Waals surface area contributed by atoms with Crippen molar-refractivity contribution in [1.29, 1.82) is 0 Å². The maximum absolute atomic E-state index is 12.0. The average Bonchev–Trinajstić information content (AvgIpc) is 3.17. The van der Waals surface area contributed by atoms with E-state index in [2.05, 4.69) is 36.9 Å². The van der Waals surface area contributed by atoms with Crippen molar-refractivity contribution in [1.82, 2.24) is 10.6 Å². The Hall–Kier alpha value is -2.32. The molecule has 0 aliphatic heterocycles. The van der Waals surface area contributed by atoms with Crippen molar-refractivity contribution in [2.45, 2.75) is 25.9 Å². The molecule has 0 fully saturated rings. The van der Waals surface area contributed by atoms with Crippen molar-refractivity contribution < 1.29 is 14.3 Å². The Labute approximate surface area is 167 Å². The van der Waals surface area contributed by atoms with Crippen LogP contribution in [0.3, 0.4) is 0 Å². The molecule has 1 heterocycles.